The molecule has 1 amide bonds. The van der Waals surface area contributed by atoms with Crippen LogP contribution in [0, 0.1) is 5.92 Å². The van der Waals surface area contributed by atoms with Gasteiger partial charge in [-0.15, -0.1) is 0 Å². The average molecular weight is 284 g/mol. The van der Waals surface area contributed by atoms with E-state index in [1.807, 2.05) is 11.8 Å². The standard InChI is InChI=1S/C15H28N2O3/c1-11-8-17(9-14(11)16(3)4)15(18)12(2)20-10-13-6-5-7-19-13/h11-14H,5-10H2,1-4H3/t11-,12-,13-,14+/m0/s1. The minimum Gasteiger partial charge on any atom is -0.376 e. The fourth-order valence-electron chi connectivity index (χ4n) is 3.16. The van der Waals surface area contributed by atoms with Crippen LogP contribution in [0.2, 0.25) is 0 Å². The Labute approximate surface area is 122 Å². The smallest absolute Gasteiger partial charge is 0.251 e. The van der Waals surface area contributed by atoms with E-state index in [0.29, 0.717) is 18.6 Å². The summed E-state index contributed by atoms with van der Waals surface area (Å²) in [7, 11) is 4.15. The Morgan fingerprint density at radius 3 is 2.75 bits per heavy atom. The monoisotopic (exact) mass is 284 g/mol. The van der Waals surface area contributed by atoms with Crippen LogP contribution in [0.3, 0.4) is 0 Å². The maximum absolute atomic E-state index is 12.4. The Bertz CT molecular complexity index is 329. The summed E-state index contributed by atoms with van der Waals surface area (Å²) in [5.41, 5.74) is 0. The third-order valence-electron chi connectivity index (χ3n) is 4.45. The average Bonchev–Trinajstić information content (AvgIpc) is 3.04. The van der Waals surface area contributed by atoms with Gasteiger partial charge >= 0.3 is 0 Å². The van der Waals surface area contributed by atoms with Crippen molar-refractivity contribution in [3.05, 3.63) is 0 Å². The molecule has 2 saturated heterocycles. The lowest BCUT2D eigenvalue weighted by molar-refractivity contribution is -0.143. The first-order valence-electron chi connectivity index (χ1n) is 7.67. The van der Waals surface area contributed by atoms with Crippen LogP contribution in [0.25, 0.3) is 0 Å². The van der Waals surface area contributed by atoms with Crippen molar-refractivity contribution in [1.29, 1.82) is 0 Å². The first kappa shape index (κ1) is 15.7. The van der Waals surface area contributed by atoms with Gasteiger partial charge < -0.3 is 19.3 Å². The summed E-state index contributed by atoms with van der Waals surface area (Å²) in [6.07, 6.45) is 1.96. The number of likely N-dealkylation sites (tertiary alicyclic amines) is 1. The van der Waals surface area contributed by atoms with Crippen LogP contribution < -0.4 is 0 Å². The lowest BCUT2D eigenvalue weighted by Crippen LogP contribution is -2.40. The summed E-state index contributed by atoms with van der Waals surface area (Å²) in [5, 5.41) is 0. The lowest BCUT2D eigenvalue weighted by atomic mass is 10.1. The molecule has 2 rings (SSSR count). The second-order valence-electron chi connectivity index (χ2n) is 6.36. The van der Waals surface area contributed by atoms with Gasteiger partial charge in [-0.3, -0.25) is 4.79 Å². The molecule has 0 aromatic heterocycles. The van der Waals surface area contributed by atoms with Crippen molar-refractivity contribution in [2.24, 2.45) is 5.92 Å². The quantitative estimate of drug-likeness (QED) is 0.755. The van der Waals surface area contributed by atoms with Crippen LogP contribution in [0.1, 0.15) is 26.7 Å². The van der Waals surface area contributed by atoms with Crippen LogP contribution in [-0.4, -0.2) is 74.4 Å². The molecular formula is C15H28N2O3. The van der Waals surface area contributed by atoms with Gasteiger partial charge in [0.25, 0.3) is 5.91 Å². The number of rotatable bonds is 5. The number of ether oxygens (including phenoxy) is 2. The molecule has 0 N–H and O–H groups in total. The summed E-state index contributed by atoms with van der Waals surface area (Å²) in [5.74, 6) is 0.624. The predicted octanol–water partition coefficient (Wildman–Crippen LogP) is 0.979. The summed E-state index contributed by atoms with van der Waals surface area (Å²) < 4.78 is 11.2. The number of amides is 1. The van der Waals surface area contributed by atoms with Crippen LogP contribution >= 0.6 is 0 Å². The van der Waals surface area contributed by atoms with Gasteiger partial charge in [0.2, 0.25) is 0 Å². The van der Waals surface area contributed by atoms with Gasteiger partial charge in [0.1, 0.15) is 6.10 Å². The molecule has 0 radical (unpaired) electrons. The summed E-state index contributed by atoms with van der Waals surface area (Å²) in [4.78, 5) is 16.5. The predicted molar refractivity (Wildman–Crippen MR) is 77.6 cm³/mol. The molecule has 0 aromatic rings. The number of likely N-dealkylation sites (N-methyl/N-ethyl adjacent to an activating group) is 1. The lowest BCUT2D eigenvalue weighted by Gasteiger charge is -2.24. The number of carbonyl (C=O) groups is 1. The molecule has 2 aliphatic heterocycles. The molecule has 0 spiro atoms. The zero-order chi connectivity index (χ0) is 14.7. The van der Waals surface area contributed by atoms with E-state index in [1.54, 1.807) is 0 Å². The van der Waals surface area contributed by atoms with Crippen molar-refractivity contribution >= 4 is 5.91 Å². The van der Waals surface area contributed by atoms with Crippen LogP contribution in [0.15, 0.2) is 0 Å². The SMILES string of the molecule is C[C@H](OC[C@@H]1CCCO1)C(=O)N1C[C@@H](N(C)C)[C@@H](C)C1. The van der Waals surface area contributed by atoms with E-state index in [1.165, 1.54) is 0 Å². The van der Waals surface area contributed by atoms with Gasteiger partial charge in [-0.1, -0.05) is 6.92 Å². The zero-order valence-electron chi connectivity index (χ0n) is 13.2. The van der Waals surface area contributed by atoms with Crippen molar-refractivity contribution in [3.63, 3.8) is 0 Å². The van der Waals surface area contributed by atoms with Gasteiger partial charge in [-0.2, -0.15) is 0 Å². The van der Waals surface area contributed by atoms with Crippen molar-refractivity contribution in [1.82, 2.24) is 9.80 Å². The molecule has 2 aliphatic rings. The Kier molecular flexibility index (Phi) is 5.41. The highest BCUT2D eigenvalue weighted by Gasteiger charge is 2.35. The fraction of sp³-hybridized carbons (Fsp3) is 0.933. The van der Waals surface area contributed by atoms with Crippen LogP contribution in [0.4, 0.5) is 0 Å². The van der Waals surface area contributed by atoms with Crippen molar-refractivity contribution in [3.8, 4) is 0 Å². The molecule has 4 atom stereocenters. The normalized spacial score (nSPS) is 32.0. The Morgan fingerprint density at radius 1 is 1.45 bits per heavy atom. The van der Waals surface area contributed by atoms with Gasteiger partial charge in [-0.25, -0.2) is 0 Å². The highest BCUT2D eigenvalue weighted by molar-refractivity contribution is 5.80. The summed E-state index contributed by atoms with van der Waals surface area (Å²) in [6, 6.07) is 0.448. The van der Waals surface area contributed by atoms with E-state index in [-0.39, 0.29) is 18.1 Å². The largest absolute Gasteiger partial charge is 0.376 e. The minimum absolute atomic E-state index is 0.110. The second-order valence-corrected chi connectivity index (χ2v) is 6.36. The minimum atomic E-state index is -0.368. The Morgan fingerprint density at radius 2 is 2.20 bits per heavy atom. The highest BCUT2D eigenvalue weighted by Crippen LogP contribution is 2.21. The Hall–Kier alpha value is -0.650. The van der Waals surface area contributed by atoms with E-state index in [0.717, 1.165) is 32.5 Å². The van der Waals surface area contributed by atoms with Crippen LogP contribution in [-0.2, 0) is 14.3 Å². The van der Waals surface area contributed by atoms with Gasteiger partial charge in [0.05, 0.1) is 12.7 Å². The van der Waals surface area contributed by atoms with E-state index in [2.05, 4.69) is 25.9 Å². The highest BCUT2D eigenvalue weighted by atomic mass is 16.5. The van der Waals surface area contributed by atoms with Crippen molar-refractivity contribution < 1.29 is 14.3 Å². The number of hydrogen-bond donors (Lipinski definition) is 0. The molecule has 2 fully saturated rings. The maximum atomic E-state index is 12.4. The van der Waals surface area contributed by atoms with Gasteiger partial charge in [0, 0.05) is 25.7 Å². The molecule has 20 heavy (non-hydrogen) atoms. The van der Waals surface area contributed by atoms with Crippen molar-refractivity contribution in [2.45, 2.75) is 44.9 Å². The van der Waals surface area contributed by atoms with E-state index in [4.69, 9.17) is 9.47 Å². The van der Waals surface area contributed by atoms with E-state index < -0.39 is 0 Å². The zero-order valence-corrected chi connectivity index (χ0v) is 13.2. The molecule has 5 nitrogen and oxygen atoms in total. The molecular weight excluding hydrogens is 256 g/mol. The maximum Gasteiger partial charge on any atom is 0.251 e. The first-order valence-corrected chi connectivity index (χ1v) is 7.67. The number of hydrogen-bond acceptors (Lipinski definition) is 4. The Balaban J connectivity index is 1.78. The molecule has 5 heteroatoms. The third kappa shape index (κ3) is 3.71. The first-order chi connectivity index (χ1) is 9.49. The fourth-order valence-corrected chi connectivity index (χ4v) is 3.16. The van der Waals surface area contributed by atoms with Crippen LogP contribution in [0.5, 0.6) is 0 Å². The van der Waals surface area contributed by atoms with E-state index in [9.17, 15) is 4.79 Å². The summed E-state index contributed by atoms with van der Waals surface area (Å²) in [6.45, 7) is 7.05. The molecule has 0 aromatic carbocycles. The molecule has 2 heterocycles. The number of nitrogens with zero attached hydrogens (tertiary/aromatic N) is 2. The van der Waals surface area contributed by atoms with Gasteiger partial charge in [0.15, 0.2) is 0 Å². The van der Waals surface area contributed by atoms with E-state index >= 15 is 0 Å². The molecule has 0 aliphatic carbocycles. The van der Waals surface area contributed by atoms with Crippen molar-refractivity contribution in [2.75, 3.05) is 40.4 Å². The third-order valence-corrected chi connectivity index (χ3v) is 4.45. The second kappa shape index (κ2) is 6.87. The molecule has 0 unspecified atom stereocenters. The summed E-state index contributed by atoms with van der Waals surface area (Å²) >= 11 is 0. The molecule has 0 saturated carbocycles. The topological polar surface area (TPSA) is 42.0 Å². The molecule has 116 valence electrons. The number of carbonyl (C=O) groups excluding carboxylic acids is 1. The molecule has 0 bridgehead atoms. The van der Waals surface area contributed by atoms with Gasteiger partial charge in [-0.05, 0) is 39.8 Å².